The zero-order chi connectivity index (χ0) is 23.7. The van der Waals surface area contributed by atoms with Gasteiger partial charge in [-0.2, -0.15) is 0 Å². The van der Waals surface area contributed by atoms with Crippen LogP contribution in [-0.2, 0) is 11.3 Å². The van der Waals surface area contributed by atoms with Crippen LogP contribution in [0, 0.1) is 0 Å². The van der Waals surface area contributed by atoms with E-state index in [-0.39, 0.29) is 5.69 Å². The van der Waals surface area contributed by atoms with Crippen LogP contribution in [0.5, 0.6) is 0 Å². The minimum Gasteiger partial charge on any atom is -0.347 e. The van der Waals surface area contributed by atoms with Crippen LogP contribution in [0.15, 0.2) is 83.8 Å². The number of aryl methyl sites for hydroxylation is 1. The summed E-state index contributed by atoms with van der Waals surface area (Å²) in [5.74, 6) is -0.587. The first kappa shape index (κ1) is 21.6. The van der Waals surface area contributed by atoms with Gasteiger partial charge in [0.05, 0.1) is 5.52 Å². The summed E-state index contributed by atoms with van der Waals surface area (Å²) < 4.78 is 3.13. The minimum atomic E-state index is -0.587. The summed E-state index contributed by atoms with van der Waals surface area (Å²) in [6.07, 6.45) is 2.73. The number of hydrogen-bond acceptors (Lipinski definition) is 5. The van der Waals surface area contributed by atoms with Gasteiger partial charge in [-0.15, -0.1) is 4.73 Å². The molecule has 2 heterocycles. The molecule has 0 aliphatic heterocycles. The lowest BCUT2D eigenvalue weighted by Gasteiger charge is -2.12. The summed E-state index contributed by atoms with van der Waals surface area (Å²) in [5.41, 5.74) is 9.98. The molecule has 0 aliphatic rings. The Morgan fingerprint density at radius 3 is 2.50 bits per heavy atom. The highest BCUT2D eigenvalue weighted by Gasteiger charge is 2.20. The average molecular weight is 453 g/mol. The average Bonchev–Trinajstić information content (AvgIpc) is 3.23. The van der Waals surface area contributed by atoms with E-state index in [9.17, 15) is 9.59 Å². The van der Waals surface area contributed by atoms with Gasteiger partial charge in [0.15, 0.2) is 0 Å². The van der Waals surface area contributed by atoms with Crippen LogP contribution >= 0.6 is 0 Å². The van der Waals surface area contributed by atoms with E-state index < -0.39 is 11.5 Å². The maximum atomic E-state index is 13.6. The van der Waals surface area contributed by atoms with Crippen molar-refractivity contribution in [3.05, 3.63) is 89.3 Å². The van der Waals surface area contributed by atoms with Crippen molar-refractivity contribution in [1.82, 2.24) is 14.3 Å². The molecule has 3 aromatic carbocycles. The molecule has 0 bridgehead atoms. The molecular formula is C27H24N4O3. The van der Waals surface area contributed by atoms with Crippen LogP contribution in [0.2, 0.25) is 0 Å². The predicted octanol–water partition coefficient (Wildman–Crippen LogP) is 4.01. The molecule has 0 fully saturated rings. The van der Waals surface area contributed by atoms with Crippen LogP contribution in [-0.4, -0.2) is 26.8 Å². The molecule has 0 unspecified atom stereocenters. The van der Waals surface area contributed by atoms with Crippen LogP contribution in [0.1, 0.15) is 13.3 Å². The Balaban J connectivity index is 1.76. The Hall–Kier alpha value is -4.23. The molecular weight excluding hydrogens is 428 g/mol. The highest BCUT2D eigenvalue weighted by Crippen LogP contribution is 2.30. The van der Waals surface area contributed by atoms with E-state index >= 15 is 0 Å². The highest BCUT2D eigenvalue weighted by atomic mass is 16.7. The standard InChI is InChI=1S/C27H24N4O3/c1-18(32)34-31-25-16-20(19-8-3-2-4-9-19)12-13-23(25)29-26(27(31)33)22-17-30(15-7-14-28)24-11-6-5-10-21(22)24/h2-6,8-13,16-17H,7,14-15,28H2,1H3. The van der Waals surface area contributed by atoms with Crippen molar-refractivity contribution in [2.75, 3.05) is 6.54 Å². The second kappa shape index (κ2) is 8.96. The normalized spacial score (nSPS) is 11.2. The monoisotopic (exact) mass is 452 g/mol. The number of nitrogens with two attached hydrogens (primary N) is 1. The van der Waals surface area contributed by atoms with Gasteiger partial charge >= 0.3 is 11.5 Å². The van der Waals surface area contributed by atoms with E-state index in [0.717, 1.165) is 39.7 Å². The van der Waals surface area contributed by atoms with E-state index in [1.165, 1.54) is 6.92 Å². The lowest BCUT2D eigenvalue weighted by atomic mass is 10.0. The number of rotatable bonds is 6. The molecule has 0 saturated heterocycles. The number of fused-ring (bicyclic) bond motifs is 2. The summed E-state index contributed by atoms with van der Waals surface area (Å²) in [6, 6.07) is 23.2. The number of aromatic nitrogens is 3. The molecule has 5 aromatic rings. The molecule has 0 atom stereocenters. The van der Waals surface area contributed by atoms with Crippen molar-refractivity contribution in [2.24, 2.45) is 5.73 Å². The number of carbonyl (C=O) groups is 1. The van der Waals surface area contributed by atoms with Gasteiger partial charge in [-0.1, -0.05) is 54.6 Å². The van der Waals surface area contributed by atoms with E-state index in [4.69, 9.17) is 15.6 Å². The van der Waals surface area contributed by atoms with Crippen molar-refractivity contribution in [3.63, 3.8) is 0 Å². The second-order valence-electron chi connectivity index (χ2n) is 8.11. The Labute approximate surface area is 196 Å². The van der Waals surface area contributed by atoms with Crippen LogP contribution in [0.25, 0.3) is 44.3 Å². The fourth-order valence-electron chi connectivity index (χ4n) is 4.24. The molecule has 7 heteroatoms. The first-order chi connectivity index (χ1) is 16.6. The zero-order valence-corrected chi connectivity index (χ0v) is 18.8. The summed E-state index contributed by atoms with van der Waals surface area (Å²) in [7, 11) is 0. The van der Waals surface area contributed by atoms with Crippen molar-refractivity contribution >= 4 is 27.9 Å². The fraction of sp³-hybridized carbons (Fsp3) is 0.148. The predicted molar refractivity (Wildman–Crippen MR) is 133 cm³/mol. The third kappa shape index (κ3) is 3.86. The van der Waals surface area contributed by atoms with Gasteiger partial charge in [0, 0.05) is 36.1 Å². The fourth-order valence-corrected chi connectivity index (χ4v) is 4.24. The third-order valence-corrected chi connectivity index (χ3v) is 5.79. The SMILES string of the molecule is CC(=O)On1c(=O)c(-c2cn(CCCN)c3ccccc23)nc2ccc(-c3ccccc3)cc21. The molecule has 5 rings (SSSR count). The van der Waals surface area contributed by atoms with Crippen LogP contribution in [0.4, 0.5) is 0 Å². The Morgan fingerprint density at radius 2 is 1.74 bits per heavy atom. The summed E-state index contributed by atoms with van der Waals surface area (Å²) in [4.78, 5) is 35.7. The zero-order valence-electron chi connectivity index (χ0n) is 18.8. The maximum Gasteiger partial charge on any atom is 0.330 e. The topological polar surface area (TPSA) is 92.1 Å². The molecule has 0 saturated carbocycles. The molecule has 0 aliphatic carbocycles. The largest absolute Gasteiger partial charge is 0.347 e. The van der Waals surface area contributed by atoms with Gasteiger partial charge in [-0.3, -0.25) is 4.79 Å². The summed E-state index contributed by atoms with van der Waals surface area (Å²) in [5, 5.41) is 0.902. The molecule has 7 nitrogen and oxygen atoms in total. The second-order valence-corrected chi connectivity index (χ2v) is 8.11. The van der Waals surface area contributed by atoms with E-state index in [2.05, 4.69) is 4.57 Å². The Morgan fingerprint density at radius 1 is 0.971 bits per heavy atom. The Bertz CT molecular complexity index is 1570. The number of hydrogen-bond donors (Lipinski definition) is 1. The van der Waals surface area contributed by atoms with Gasteiger partial charge in [-0.05, 0) is 42.3 Å². The molecule has 170 valence electrons. The lowest BCUT2D eigenvalue weighted by molar-refractivity contribution is -0.141. The number of carbonyl (C=O) groups excluding carboxylic acids is 1. The van der Waals surface area contributed by atoms with Crippen molar-refractivity contribution in [2.45, 2.75) is 19.9 Å². The molecule has 2 N–H and O–H groups in total. The highest BCUT2D eigenvalue weighted by molar-refractivity contribution is 5.96. The van der Waals surface area contributed by atoms with Gasteiger partial charge in [0.1, 0.15) is 11.2 Å². The van der Waals surface area contributed by atoms with Crippen molar-refractivity contribution < 1.29 is 9.63 Å². The van der Waals surface area contributed by atoms with Crippen molar-refractivity contribution in [3.8, 4) is 22.4 Å². The first-order valence-electron chi connectivity index (χ1n) is 11.2. The molecule has 0 spiro atoms. The minimum absolute atomic E-state index is 0.226. The third-order valence-electron chi connectivity index (χ3n) is 5.79. The molecule has 34 heavy (non-hydrogen) atoms. The quantitative estimate of drug-likeness (QED) is 0.420. The van der Waals surface area contributed by atoms with Crippen LogP contribution in [0.3, 0.4) is 0 Å². The van der Waals surface area contributed by atoms with E-state index in [1.54, 1.807) is 0 Å². The van der Waals surface area contributed by atoms with E-state index in [0.29, 0.717) is 23.1 Å². The molecule has 2 aromatic heterocycles. The Kier molecular flexibility index (Phi) is 5.69. The molecule has 0 radical (unpaired) electrons. The first-order valence-corrected chi connectivity index (χ1v) is 11.2. The van der Waals surface area contributed by atoms with Gasteiger partial charge in [0.25, 0.3) is 0 Å². The summed E-state index contributed by atoms with van der Waals surface area (Å²) in [6.45, 7) is 2.57. The van der Waals surface area contributed by atoms with Gasteiger partial charge in [-0.25, -0.2) is 9.78 Å². The van der Waals surface area contributed by atoms with Crippen LogP contribution < -0.4 is 16.1 Å². The van der Waals surface area contributed by atoms with Gasteiger partial charge < -0.3 is 15.1 Å². The van der Waals surface area contributed by atoms with E-state index in [1.807, 2.05) is 79.0 Å². The number of nitrogens with zero attached hydrogens (tertiary/aromatic N) is 3. The lowest BCUT2D eigenvalue weighted by Crippen LogP contribution is -2.31. The summed E-state index contributed by atoms with van der Waals surface area (Å²) >= 11 is 0. The molecule has 0 amide bonds. The van der Waals surface area contributed by atoms with Gasteiger partial charge in [0.2, 0.25) is 0 Å². The smallest absolute Gasteiger partial charge is 0.330 e. The maximum absolute atomic E-state index is 13.6. The number of para-hydroxylation sites is 1. The number of benzene rings is 3. The van der Waals surface area contributed by atoms with Crippen molar-refractivity contribution in [1.29, 1.82) is 0 Å².